The molecule has 6 nitrogen and oxygen atoms in total. The minimum absolute atomic E-state index is 0.0164. The number of ether oxygens (including phenoxy) is 2. The minimum atomic E-state index is -0.0164. The van der Waals surface area contributed by atoms with Crippen LogP contribution in [0, 0.1) is 11.3 Å². The van der Waals surface area contributed by atoms with Crippen molar-refractivity contribution in [3.63, 3.8) is 0 Å². The molecule has 1 N–H and O–H groups in total. The average Bonchev–Trinajstić information content (AvgIpc) is 3.91. The fourth-order valence-corrected chi connectivity index (χ4v) is 7.67. The highest BCUT2D eigenvalue weighted by Crippen LogP contribution is 2.53. The molecule has 51 heavy (non-hydrogen) atoms. The van der Waals surface area contributed by atoms with Gasteiger partial charge in [0, 0.05) is 19.4 Å². The zero-order valence-electron chi connectivity index (χ0n) is 34.5. The lowest BCUT2D eigenvalue weighted by Crippen LogP contribution is -2.27. The maximum absolute atomic E-state index is 12.6. The average molecular weight is 722 g/mol. The molecule has 0 atom stereocenters. The van der Waals surface area contributed by atoms with E-state index in [-0.39, 0.29) is 18.5 Å². The number of rotatable bonds is 40. The largest absolute Gasteiger partial charge is 0.466 e. The number of hydrogen-bond donors (Lipinski definition) is 1. The summed E-state index contributed by atoms with van der Waals surface area (Å²) < 4.78 is 11.2. The summed E-state index contributed by atoms with van der Waals surface area (Å²) in [5.41, 5.74) is 0.395. The van der Waals surface area contributed by atoms with Gasteiger partial charge in [0.15, 0.2) is 0 Å². The Hall–Kier alpha value is -1.14. The normalized spacial score (nSPS) is 13.7. The van der Waals surface area contributed by atoms with Gasteiger partial charge in [-0.2, -0.15) is 0 Å². The molecule has 0 bridgehead atoms. The van der Waals surface area contributed by atoms with Gasteiger partial charge in [-0.05, 0) is 108 Å². The first-order valence-corrected chi connectivity index (χ1v) is 22.6. The fraction of sp³-hybridized carbons (Fsp3) is 0.956. The Morgan fingerprint density at radius 2 is 1.00 bits per heavy atom. The number of carbonyl (C=O) groups is 2. The van der Waals surface area contributed by atoms with Crippen LogP contribution in [-0.4, -0.2) is 61.4 Å². The minimum Gasteiger partial charge on any atom is -0.466 e. The van der Waals surface area contributed by atoms with E-state index in [0.29, 0.717) is 31.5 Å². The summed E-state index contributed by atoms with van der Waals surface area (Å²) in [6, 6.07) is 0. The van der Waals surface area contributed by atoms with Crippen molar-refractivity contribution in [1.82, 2.24) is 4.90 Å². The van der Waals surface area contributed by atoms with Crippen LogP contribution < -0.4 is 0 Å². The van der Waals surface area contributed by atoms with E-state index in [1.165, 1.54) is 141 Å². The van der Waals surface area contributed by atoms with E-state index in [0.717, 1.165) is 76.9 Å². The summed E-state index contributed by atoms with van der Waals surface area (Å²) in [7, 11) is 0. The van der Waals surface area contributed by atoms with Gasteiger partial charge in [0.1, 0.15) is 0 Å². The molecule has 0 aliphatic heterocycles. The van der Waals surface area contributed by atoms with Gasteiger partial charge < -0.3 is 19.5 Å². The van der Waals surface area contributed by atoms with Gasteiger partial charge in [0.25, 0.3) is 0 Å². The molecular formula is C45H87NO5. The molecule has 302 valence electrons. The van der Waals surface area contributed by atoms with Crippen molar-refractivity contribution in [3.8, 4) is 0 Å². The zero-order chi connectivity index (χ0) is 37.1. The molecule has 1 saturated carbocycles. The number of carbonyl (C=O) groups excluding carboxylic acids is 2. The summed E-state index contributed by atoms with van der Waals surface area (Å²) in [5, 5.41) is 9.29. The lowest BCUT2D eigenvalue weighted by molar-refractivity contribution is -0.145. The van der Waals surface area contributed by atoms with Crippen LogP contribution in [0.5, 0.6) is 0 Å². The Bertz CT molecular complexity index is 775. The van der Waals surface area contributed by atoms with E-state index in [9.17, 15) is 14.7 Å². The Labute approximate surface area is 317 Å². The Kier molecular flexibility index (Phi) is 32.5. The van der Waals surface area contributed by atoms with Crippen LogP contribution in [0.4, 0.5) is 0 Å². The van der Waals surface area contributed by atoms with Crippen LogP contribution in [0.3, 0.4) is 0 Å². The molecule has 1 aliphatic rings. The van der Waals surface area contributed by atoms with E-state index < -0.39 is 0 Å². The number of esters is 2. The van der Waals surface area contributed by atoms with E-state index in [4.69, 9.17) is 9.47 Å². The van der Waals surface area contributed by atoms with Crippen molar-refractivity contribution < 1.29 is 24.2 Å². The summed E-state index contributed by atoms with van der Waals surface area (Å²) in [4.78, 5) is 27.2. The molecule has 0 aromatic heterocycles. The monoisotopic (exact) mass is 722 g/mol. The van der Waals surface area contributed by atoms with Gasteiger partial charge >= 0.3 is 11.9 Å². The molecule has 0 radical (unpaired) electrons. The zero-order valence-corrected chi connectivity index (χ0v) is 34.5. The molecule has 0 amide bonds. The van der Waals surface area contributed by atoms with Gasteiger partial charge in [-0.3, -0.25) is 9.59 Å². The highest BCUT2D eigenvalue weighted by molar-refractivity contribution is 5.69. The van der Waals surface area contributed by atoms with Crippen LogP contribution in [0.2, 0.25) is 0 Å². The summed E-state index contributed by atoms with van der Waals surface area (Å²) in [5.74, 6) is 0.808. The van der Waals surface area contributed by atoms with Crippen LogP contribution >= 0.6 is 0 Å². The van der Waals surface area contributed by atoms with Crippen LogP contribution in [0.15, 0.2) is 0 Å². The Balaban J connectivity index is 2.14. The van der Waals surface area contributed by atoms with E-state index in [2.05, 4.69) is 25.7 Å². The van der Waals surface area contributed by atoms with Crippen molar-refractivity contribution in [3.05, 3.63) is 0 Å². The second-order valence-electron chi connectivity index (χ2n) is 16.3. The van der Waals surface area contributed by atoms with Gasteiger partial charge in [-0.1, -0.05) is 136 Å². The summed E-state index contributed by atoms with van der Waals surface area (Å²) in [6.45, 7) is 11.6. The van der Waals surface area contributed by atoms with E-state index in [1.54, 1.807) is 0 Å². The fourth-order valence-electron chi connectivity index (χ4n) is 7.67. The summed E-state index contributed by atoms with van der Waals surface area (Å²) in [6.07, 6.45) is 37.5. The van der Waals surface area contributed by atoms with Crippen LogP contribution in [-0.2, 0) is 19.1 Å². The maximum atomic E-state index is 12.6. The number of aliphatic hydroxyl groups is 1. The molecule has 0 spiro atoms. The third-order valence-electron chi connectivity index (χ3n) is 11.4. The predicted octanol–water partition coefficient (Wildman–Crippen LogP) is 12.5. The van der Waals surface area contributed by atoms with Gasteiger partial charge in [0.05, 0.1) is 13.2 Å². The lowest BCUT2D eigenvalue weighted by atomic mass is 9.91. The first kappa shape index (κ1) is 47.9. The van der Waals surface area contributed by atoms with Crippen LogP contribution in [0.25, 0.3) is 0 Å². The molecule has 6 heteroatoms. The standard InChI is InChI=1S/C45H87NO5/c1-4-7-10-11-12-14-19-30-43(48)50-40-25-16-13-15-21-36-46(38-23-24-39-47)37-22-20-32-45(34-35-45)33-31-44(49)51-41-26-29-42(27-17-8-5-2)28-18-9-6-3/h42,47H,4-41H2,1-3H3. The Morgan fingerprint density at radius 3 is 1.61 bits per heavy atom. The van der Waals surface area contributed by atoms with E-state index in [1.807, 2.05) is 0 Å². The smallest absolute Gasteiger partial charge is 0.305 e. The molecule has 0 heterocycles. The second-order valence-corrected chi connectivity index (χ2v) is 16.3. The number of unbranched alkanes of at least 4 members (excludes halogenated alkanes) is 16. The van der Waals surface area contributed by atoms with Gasteiger partial charge in [0.2, 0.25) is 0 Å². The molecule has 0 aromatic rings. The van der Waals surface area contributed by atoms with Crippen molar-refractivity contribution in [2.45, 2.75) is 226 Å². The maximum Gasteiger partial charge on any atom is 0.305 e. The van der Waals surface area contributed by atoms with Crippen molar-refractivity contribution in [2.24, 2.45) is 11.3 Å². The number of nitrogens with zero attached hydrogens (tertiary/aromatic N) is 1. The van der Waals surface area contributed by atoms with Gasteiger partial charge in [-0.15, -0.1) is 0 Å². The third-order valence-corrected chi connectivity index (χ3v) is 11.4. The third kappa shape index (κ3) is 29.9. The molecule has 1 rings (SSSR count). The quantitative estimate of drug-likeness (QED) is 0.0501. The van der Waals surface area contributed by atoms with Gasteiger partial charge in [-0.25, -0.2) is 0 Å². The number of hydrogen-bond acceptors (Lipinski definition) is 6. The summed E-state index contributed by atoms with van der Waals surface area (Å²) >= 11 is 0. The molecule has 1 fully saturated rings. The van der Waals surface area contributed by atoms with Crippen molar-refractivity contribution in [2.75, 3.05) is 39.5 Å². The molecule has 1 aliphatic carbocycles. The Morgan fingerprint density at radius 1 is 0.529 bits per heavy atom. The first-order chi connectivity index (χ1) is 25.0. The molecule has 0 unspecified atom stereocenters. The predicted molar refractivity (Wildman–Crippen MR) is 216 cm³/mol. The first-order valence-electron chi connectivity index (χ1n) is 22.6. The second kappa shape index (κ2) is 34.6. The highest BCUT2D eigenvalue weighted by atomic mass is 16.5. The topological polar surface area (TPSA) is 76.1 Å². The molecular weight excluding hydrogens is 634 g/mol. The number of aliphatic hydroxyl groups excluding tert-OH is 1. The molecule has 0 saturated heterocycles. The van der Waals surface area contributed by atoms with E-state index >= 15 is 0 Å². The molecule has 0 aromatic carbocycles. The SMILES string of the molecule is CCCCCCCCCC(=O)OCCCCCCCN(CCCCO)CCCCC1(CCC(=O)OCCCC(CCCCC)CCCCC)CC1. The van der Waals surface area contributed by atoms with Crippen molar-refractivity contribution >= 4 is 11.9 Å². The highest BCUT2D eigenvalue weighted by Gasteiger charge is 2.41. The van der Waals surface area contributed by atoms with Crippen LogP contribution in [0.1, 0.15) is 226 Å². The lowest BCUT2D eigenvalue weighted by Gasteiger charge is -2.23. The van der Waals surface area contributed by atoms with Crippen molar-refractivity contribution in [1.29, 1.82) is 0 Å².